The SMILES string of the molecule is O=C(Nc1cccc(-c2nnco2)c1)N1CCN(c2ncccn2)CC1. The van der Waals surface area contributed by atoms with Crippen molar-refractivity contribution in [2.24, 2.45) is 0 Å². The predicted octanol–water partition coefficient (Wildman–Crippen LogP) is 1.88. The molecule has 1 aliphatic rings. The van der Waals surface area contributed by atoms with E-state index < -0.39 is 0 Å². The van der Waals surface area contributed by atoms with E-state index in [1.807, 2.05) is 18.2 Å². The van der Waals surface area contributed by atoms with Gasteiger partial charge in [0, 0.05) is 49.8 Å². The summed E-state index contributed by atoms with van der Waals surface area (Å²) >= 11 is 0. The third kappa shape index (κ3) is 3.46. The summed E-state index contributed by atoms with van der Waals surface area (Å²) < 4.78 is 5.19. The second-order valence-corrected chi connectivity index (χ2v) is 5.78. The number of hydrogen-bond acceptors (Lipinski definition) is 7. The highest BCUT2D eigenvalue weighted by Gasteiger charge is 2.22. The maximum absolute atomic E-state index is 12.5. The van der Waals surface area contributed by atoms with Crippen LogP contribution in [0.15, 0.2) is 53.5 Å². The third-order valence-corrected chi connectivity index (χ3v) is 4.12. The highest BCUT2D eigenvalue weighted by atomic mass is 16.4. The highest BCUT2D eigenvalue weighted by molar-refractivity contribution is 5.90. The first-order valence-corrected chi connectivity index (χ1v) is 8.24. The smallest absolute Gasteiger partial charge is 0.321 e. The molecule has 9 heteroatoms. The maximum Gasteiger partial charge on any atom is 0.321 e. The minimum absolute atomic E-state index is 0.138. The molecular formula is C17H17N7O2. The maximum atomic E-state index is 12.5. The van der Waals surface area contributed by atoms with Crippen LogP contribution in [0.1, 0.15) is 0 Å². The highest BCUT2D eigenvalue weighted by Crippen LogP contribution is 2.20. The lowest BCUT2D eigenvalue weighted by molar-refractivity contribution is 0.208. The van der Waals surface area contributed by atoms with Gasteiger partial charge in [-0.15, -0.1) is 10.2 Å². The number of aromatic nitrogens is 4. The fourth-order valence-corrected chi connectivity index (χ4v) is 2.80. The molecule has 0 aliphatic carbocycles. The number of nitrogens with zero attached hydrogens (tertiary/aromatic N) is 6. The number of rotatable bonds is 3. The average molecular weight is 351 g/mol. The van der Waals surface area contributed by atoms with E-state index in [1.165, 1.54) is 6.39 Å². The molecule has 1 N–H and O–H groups in total. The van der Waals surface area contributed by atoms with Crippen molar-refractivity contribution in [1.29, 1.82) is 0 Å². The van der Waals surface area contributed by atoms with Crippen LogP contribution in [0.5, 0.6) is 0 Å². The normalized spacial score (nSPS) is 14.3. The molecule has 0 unspecified atom stereocenters. The topological polar surface area (TPSA) is 100 Å². The number of anilines is 2. The zero-order valence-electron chi connectivity index (χ0n) is 13.9. The summed E-state index contributed by atoms with van der Waals surface area (Å²) in [4.78, 5) is 24.9. The van der Waals surface area contributed by atoms with Gasteiger partial charge in [0.05, 0.1) is 0 Å². The fraction of sp³-hybridized carbons (Fsp3) is 0.235. The van der Waals surface area contributed by atoms with Crippen molar-refractivity contribution in [2.75, 3.05) is 36.4 Å². The Kier molecular flexibility index (Phi) is 4.42. The Morgan fingerprint density at radius 3 is 2.62 bits per heavy atom. The zero-order chi connectivity index (χ0) is 17.8. The van der Waals surface area contributed by atoms with Crippen molar-refractivity contribution in [3.8, 4) is 11.5 Å². The predicted molar refractivity (Wildman–Crippen MR) is 94.6 cm³/mol. The Morgan fingerprint density at radius 2 is 1.88 bits per heavy atom. The van der Waals surface area contributed by atoms with Gasteiger partial charge in [0.1, 0.15) is 0 Å². The molecule has 3 aromatic rings. The van der Waals surface area contributed by atoms with E-state index in [1.54, 1.807) is 29.4 Å². The molecule has 132 valence electrons. The Bertz CT molecular complexity index is 862. The van der Waals surface area contributed by atoms with Gasteiger partial charge in [0.2, 0.25) is 18.2 Å². The van der Waals surface area contributed by atoms with Crippen LogP contribution in [-0.4, -0.2) is 57.3 Å². The summed E-state index contributed by atoms with van der Waals surface area (Å²) in [5.74, 6) is 1.11. The van der Waals surface area contributed by atoms with Gasteiger partial charge in [-0.2, -0.15) is 0 Å². The molecule has 26 heavy (non-hydrogen) atoms. The van der Waals surface area contributed by atoms with Gasteiger partial charge in [-0.1, -0.05) is 6.07 Å². The van der Waals surface area contributed by atoms with Crippen molar-refractivity contribution in [3.05, 3.63) is 49.1 Å². The molecule has 4 rings (SSSR count). The van der Waals surface area contributed by atoms with Crippen LogP contribution in [0.25, 0.3) is 11.5 Å². The number of piperazine rings is 1. The lowest BCUT2D eigenvalue weighted by Crippen LogP contribution is -2.50. The van der Waals surface area contributed by atoms with Gasteiger partial charge >= 0.3 is 6.03 Å². The summed E-state index contributed by atoms with van der Waals surface area (Å²) in [6.07, 6.45) is 4.71. The minimum atomic E-state index is -0.138. The molecule has 3 heterocycles. The number of carbonyl (C=O) groups is 1. The van der Waals surface area contributed by atoms with Gasteiger partial charge in [0.15, 0.2) is 0 Å². The van der Waals surface area contributed by atoms with Crippen molar-refractivity contribution < 1.29 is 9.21 Å². The molecule has 2 amide bonds. The molecule has 0 spiro atoms. The number of amides is 2. The zero-order valence-corrected chi connectivity index (χ0v) is 13.9. The summed E-state index contributed by atoms with van der Waals surface area (Å²) in [5.41, 5.74) is 1.44. The number of carbonyl (C=O) groups excluding carboxylic acids is 1. The van der Waals surface area contributed by atoms with Gasteiger partial charge in [-0.25, -0.2) is 14.8 Å². The van der Waals surface area contributed by atoms with Crippen molar-refractivity contribution in [2.45, 2.75) is 0 Å². The first-order valence-electron chi connectivity index (χ1n) is 8.24. The molecule has 0 saturated carbocycles. The van der Waals surface area contributed by atoms with Crippen molar-refractivity contribution in [1.82, 2.24) is 25.1 Å². The molecule has 1 aromatic carbocycles. The molecule has 2 aromatic heterocycles. The molecule has 9 nitrogen and oxygen atoms in total. The largest absolute Gasteiger partial charge is 0.423 e. The van der Waals surface area contributed by atoms with E-state index in [4.69, 9.17) is 4.42 Å². The molecule has 0 bridgehead atoms. The summed E-state index contributed by atoms with van der Waals surface area (Å²) in [7, 11) is 0. The van der Waals surface area contributed by atoms with E-state index >= 15 is 0 Å². The molecule has 1 aliphatic heterocycles. The molecular weight excluding hydrogens is 334 g/mol. The minimum Gasteiger partial charge on any atom is -0.423 e. The number of urea groups is 1. The Labute approximate surface area is 149 Å². The van der Waals surface area contributed by atoms with Crippen molar-refractivity contribution >= 4 is 17.7 Å². The number of hydrogen-bond donors (Lipinski definition) is 1. The lowest BCUT2D eigenvalue weighted by atomic mass is 10.2. The fourth-order valence-electron chi connectivity index (χ4n) is 2.80. The number of benzene rings is 1. The van der Waals surface area contributed by atoms with E-state index in [-0.39, 0.29) is 6.03 Å². The van der Waals surface area contributed by atoms with Crippen molar-refractivity contribution in [3.63, 3.8) is 0 Å². The van der Waals surface area contributed by atoms with E-state index in [0.29, 0.717) is 43.7 Å². The molecule has 1 saturated heterocycles. The van der Waals surface area contributed by atoms with Crippen LogP contribution in [0.3, 0.4) is 0 Å². The van der Waals surface area contributed by atoms with Gasteiger partial charge in [-0.3, -0.25) is 0 Å². The van der Waals surface area contributed by atoms with Crippen LogP contribution < -0.4 is 10.2 Å². The second-order valence-electron chi connectivity index (χ2n) is 5.78. The lowest BCUT2D eigenvalue weighted by Gasteiger charge is -2.34. The van der Waals surface area contributed by atoms with Crippen LogP contribution >= 0.6 is 0 Å². The second kappa shape index (κ2) is 7.18. The summed E-state index contributed by atoms with van der Waals surface area (Å²) in [6.45, 7) is 2.60. The van der Waals surface area contributed by atoms with Gasteiger partial charge < -0.3 is 19.5 Å². The Balaban J connectivity index is 1.37. The van der Waals surface area contributed by atoms with Crippen LogP contribution in [0.2, 0.25) is 0 Å². The Hall–Kier alpha value is -3.49. The molecule has 0 atom stereocenters. The van der Waals surface area contributed by atoms with Gasteiger partial charge in [0.25, 0.3) is 0 Å². The molecule has 1 fully saturated rings. The van der Waals surface area contributed by atoms with E-state index in [2.05, 4.69) is 30.4 Å². The first-order chi connectivity index (χ1) is 12.8. The van der Waals surface area contributed by atoms with Crippen LogP contribution in [0, 0.1) is 0 Å². The quantitative estimate of drug-likeness (QED) is 0.769. The molecule has 0 radical (unpaired) electrons. The standard InChI is InChI=1S/C17H17N7O2/c25-17(21-14-4-1-3-13(11-14)15-22-20-12-26-15)24-9-7-23(8-10-24)16-18-5-2-6-19-16/h1-6,11-12H,7-10H2,(H,21,25). The van der Waals surface area contributed by atoms with E-state index in [0.717, 1.165) is 5.56 Å². The van der Waals surface area contributed by atoms with E-state index in [9.17, 15) is 4.79 Å². The summed E-state index contributed by atoms with van der Waals surface area (Å²) in [6, 6.07) is 8.96. The Morgan fingerprint density at radius 1 is 1.08 bits per heavy atom. The van der Waals surface area contributed by atoms with Crippen LogP contribution in [-0.2, 0) is 0 Å². The average Bonchev–Trinajstić information content (AvgIpc) is 3.24. The first kappa shape index (κ1) is 16.0. The summed E-state index contributed by atoms with van der Waals surface area (Å²) in [5, 5.41) is 10.5. The van der Waals surface area contributed by atoms with Crippen LogP contribution in [0.4, 0.5) is 16.4 Å². The van der Waals surface area contributed by atoms with Gasteiger partial charge in [-0.05, 0) is 24.3 Å². The third-order valence-electron chi connectivity index (χ3n) is 4.12. The monoisotopic (exact) mass is 351 g/mol. The number of nitrogens with one attached hydrogen (secondary N) is 1.